The normalized spacial score (nSPS) is 14.1. The van der Waals surface area contributed by atoms with E-state index >= 15 is 0 Å². The predicted octanol–water partition coefficient (Wildman–Crippen LogP) is 0.774. The van der Waals surface area contributed by atoms with E-state index in [2.05, 4.69) is 11.2 Å². The van der Waals surface area contributed by atoms with E-state index in [0.717, 1.165) is 0 Å². The standard InChI is InChI=1S/C11H21NO2/c1-6-11(4,5)12-7-10(13)8-14-9(2)3/h1,9-10,12-13H,7-8H2,2-5H3. The number of β-amino-alcohol motifs (C(OH)–C–C–N with tert-alkyl or cyclic N) is 1. The van der Waals surface area contributed by atoms with Crippen molar-refractivity contribution in [3.05, 3.63) is 0 Å². The van der Waals surface area contributed by atoms with Crippen LogP contribution in [0.2, 0.25) is 0 Å². The summed E-state index contributed by atoms with van der Waals surface area (Å²) in [7, 11) is 0. The molecule has 0 aromatic heterocycles. The lowest BCUT2D eigenvalue weighted by Gasteiger charge is -2.22. The molecule has 2 N–H and O–H groups in total. The van der Waals surface area contributed by atoms with E-state index in [1.807, 2.05) is 27.7 Å². The zero-order chi connectivity index (χ0) is 11.2. The summed E-state index contributed by atoms with van der Waals surface area (Å²) in [6, 6.07) is 0. The maximum atomic E-state index is 9.50. The number of nitrogens with one attached hydrogen (secondary N) is 1. The molecule has 0 radical (unpaired) electrons. The molecule has 0 rings (SSSR count). The van der Waals surface area contributed by atoms with Crippen molar-refractivity contribution in [2.45, 2.75) is 45.4 Å². The van der Waals surface area contributed by atoms with E-state index in [1.165, 1.54) is 0 Å². The van der Waals surface area contributed by atoms with Gasteiger partial charge in [0.25, 0.3) is 0 Å². The first-order valence-electron chi connectivity index (χ1n) is 4.90. The Labute approximate surface area is 86.8 Å². The monoisotopic (exact) mass is 199 g/mol. The SMILES string of the molecule is C#CC(C)(C)NCC(O)COC(C)C. The number of aliphatic hydroxyl groups is 1. The van der Waals surface area contributed by atoms with Gasteiger partial charge >= 0.3 is 0 Å². The summed E-state index contributed by atoms with van der Waals surface area (Å²) in [5, 5.41) is 12.6. The first-order valence-corrected chi connectivity index (χ1v) is 4.90. The summed E-state index contributed by atoms with van der Waals surface area (Å²) < 4.78 is 5.26. The number of hydrogen-bond acceptors (Lipinski definition) is 3. The van der Waals surface area contributed by atoms with Crippen LogP contribution < -0.4 is 5.32 Å². The molecule has 0 saturated heterocycles. The minimum Gasteiger partial charge on any atom is -0.389 e. The number of terminal acetylenes is 1. The van der Waals surface area contributed by atoms with Crippen molar-refractivity contribution in [3.63, 3.8) is 0 Å². The van der Waals surface area contributed by atoms with Gasteiger partial charge in [0.05, 0.1) is 24.4 Å². The molecule has 0 aliphatic carbocycles. The first kappa shape index (κ1) is 13.4. The average molecular weight is 199 g/mol. The van der Waals surface area contributed by atoms with Crippen LogP contribution >= 0.6 is 0 Å². The molecule has 0 fully saturated rings. The highest BCUT2D eigenvalue weighted by Gasteiger charge is 2.15. The fourth-order valence-corrected chi connectivity index (χ4v) is 0.786. The topological polar surface area (TPSA) is 41.5 Å². The molecule has 0 heterocycles. The van der Waals surface area contributed by atoms with Gasteiger partial charge in [0, 0.05) is 6.54 Å². The molecule has 0 aliphatic rings. The van der Waals surface area contributed by atoms with Crippen LogP contribution in [0.1, 0.15) is 27.7 Å². The van der Waals surface area contributed by atoms with Crippen molar-refractivity contribution in [1.29, 1.82) is 0 Å². The van der Waals surface area contributed by atoms with Gasteiger partial charge < -0.3 is 9.84 Å². The van der Waals surface area contributed by atoms with Crippen molar-refractivity contribution in [2.24, 2.45) is 0 Å². The summed E-state index contributed by atoms with van der Waals surface area (Å²) in [5.74, 6) is 2.60. The second kappa shape index (κ2) is 6.02. The summed E-state index contributed by atoms with van der Waals surface area (Å²) in [4.78, 5) is 0. The van der Waals surface area contributed by atoms with E-state index < -0.39 is 6.10 Å². The highest BCUT2D eigenvalue weighted by molar-refractivity contribution is 5.07. The van der Waals surface area contributed by atoms with Gasteiger partial charge in [0.1, 0.15) is 0 Å². The van der Waals surface area contributed by atoms with Gasteiger partial charge in [0.15, 0.2) is 0 Å². The molecular formula is C11H21NO2. The molecule has 0 bridgehead atoms. The van der Waals surface area contributed by atoms with Gasteiger partial charge in [-0.25, -0.2) is 0 Å². The highest BCUT2D eigenvalue weighted by atomic mass is 16.5. The smallest absolute Gasteiger partial charge is 0.0898 e. The summed E-state index contributed by atoms with van der Waals surface area (Å²) in [6.45, 7) is 8.44. The van der Waals surface area contributed by atoms with Crippen LogP contribution in [-0.4, -0.2) is 36.0 Å². The lowest BCUT2D eigenvalue weighted by Crippen LogP contribution is -2.43. The highest BCUT2D eigenvalue weighted by Crippen LogP contribution is 1.99. The zero-order valence-electron chi connectivity index (χ0n) is 9.50. The van der Waals surface area contributed by atoms with Gasteiger partial charge in [0.2, 0.25) is 0 Å². The van der Waals surface area contributed by atoms with E-state index in [9.17, 15) is 5.11 Å². The van der Waals surface area contributed by atoms with E-state index in [-0.39, 0.29) is 11.6 Å². The molecule has 0 aromatic rings. The molecule has 3 nitrogen and oxygen atoms in total. The van der Waals surface area contributed by atoms with Crippen molar-refractivity contribution in [2.75, 3.05) is 13.2 Å². The van der Waals surface area contributed by atoms with E-state index in [1.54, 1.807) is 0 Å². The quantitative estimate of drug-likeness (QED) is 0.621. The molecule has 1 atom stereocenters. The first-order chi connectivity index (χ1) is 6.37. The second-order valence-electron chi connectivity index (χ2n) is 4.19. The number of aliphatic hydroxyl groups excluding tert-OH is 1. The predicted molar refractivity (Wildman–Crippen MR) is 58.0 cm³/mol. The summed E-state index contributed by atoms with van der Waals surface area (Å²) in [6.07, 6.45) is 4.92. The molecule has 0 saturated carbocycles. The minimum atomic E-state index is -0.509. The Hall–Kier alpha value is -0.560. The Morgan fingerprint density at radius 2 is 2.07 bits per heavy atom. The Balaban J connectivity index is 3.65. The van der Waals surface area contributed by atoms with Gasteiger partial charge in [-0.2, -0.15) is 0 Å². The molecule has 3 heteroatoms. The molecule has 0 aliphatic heterocycles. The molecular weight excluding hydrogens is 178 g/mol. The fraction of sp³-hybridized carbons (Fsp3) is 0.818. The van der Waals surface area contributed by atoms with Crippen LogP contribution in [-0.2, 0) is 4.74 Å². The van der Waals surface area contributed by atoms with Crippen molar-refractivity contribution >= 4 is 0 Å². The number of hydrogen-bond donors (Lipinski definition) is 2. The Kier molecular flexibility index (Phi) is 5.78. The Morgan fingerprint density at radius 3 is 2.50 bits per heavy atom. The van der Waals surface area contributed by atoms with Gasteiger partial charge in [-0.3, -0.25) is 5.32 Å². The van der Waals surface area contributed by atoms with Gasteiger partial charge in [-0.15, -0.1) is 6.42 Å². The van der Waals surface area contributed by atoms with Crippen LogP contribution in [0.15, 0.2) is 0 Å². The van der Waals surface area contributed by atoms with Crippen LogP contribution in [0.5, 0.6) is 0 Å². The zero-order valence-corrected chi connectivity index (χ0v) is 9.50. The third-order valence-electron chi connectivity index (χ3n) is 1.76. The van der Waals surface area contributed by atoms with Crippen LogP contribution in [0.3, 0.4) is 0 Å². The molecule has 14 heavy (non-hydrogen) atoms. The lowest BCUT2D eigenvalue weighted by atomic mass is 10.1. The molecule has 0 spiro atoms. The van der Waals surface area contributed by atoms with Crippen molar-refractivity contribution < 1.29 is 9.84 Å². The van der Waals surface area contributed by atoms with Gasteiger partial charge in [-0.1, -0.05) is 5.92 Å². The maximum absolute atomic E-state index is 9.50. The molecule has 1 unspecified atom stereocenters. The van der Waals surface area contributed by atoms with E-state index in [4.69, 9.17) is 11.2 Å². The van der Waals surface area contributed by atoms with Crippen molar-refractivity contribution in [1.82, 2.24) is 5.32 Å². The molecule has 82 valence electrons. The third kappa shape index (κ3) is 6.90. The van der Waals surface area contributed by atoms with Crippen LogP contribution in [0, 0.1) is 12.3 Å². The summed E-state index contributed by atoms with van der Waals surface area (Å²) in [5.41, 5.74) is -0.376. The summed E-state index contributed by atoms with van der Waals surface area (Å²) >= 11 is 0. The Morgan fingerprint density at radius 1 is 1.50 bits per heavy atom. The second-order valence-corrected chi connectivity index (χ2v) is 4.19. The fourth-order valence-electron chi connectivity index (χ4n) is 0.786. The minimum absolute atomic E-state index is 0.144. The number of ether oxygens (including phenoxy) is 1. The third-order valence-corrected chi connectivity index (χ3v) is 1.76. The number of rotatable bonds is 6. The molecule has 0 amide bonds. The Bertz CT molecular complexity index is 194. The average Bonchev–Trinajstić information content (AvgIpc) is 2.11. The van der Waals surface area contributed by atoms with Crippen molar-refractivity contribution in [3.8, 4) is 12.3 Å². The largest absolute Gasteiger partial charge is 0.389 e. The van der Waals surface area contributed by atoms with Gasteiger partial charge in [-0.05, 0) is 27.7 Å². The van der Waals surface area contributed by atoms with Crippen LogP contribution in [0.25, 0.3) is 0 Å². The molecule has 0 aromatic carbocycles. The lowest BCUT2D eigenvalue weighted by molar-refractivity contribution is 0.00498. The maximum Gasteiger partial charge on any atom is 0.0898 e. The van der Waals surface area contributed by atoms with Crippen LogP contribution in [0.4, 0.5) is 0 Å². The van der Waals surface area contributed by atoms with E-state index in [0.29, 0.717) is 13.2 Å².